The zero-order valence-corrected chi connectivity index (χ0v) is 8.67. The predicted molar refractivity (Wildman–Crippen MR) is 62.5 cm³/mol. The summed E-state index contributed by atoms with van der Waals surface area (Å²) >= 11 is 0. The van der Waals surface area contributed by atoms with Gasteiger partial charge in [-0.25, -0.2) is 0 Å². The van der Waals surface area contributed by atoms with Crippen molar-refractivity contribution in [3.63, 3.8) is 0 Å². The van der Waals surface area contributed by atoms with Gasteiger partial charge < -0.3 is 5.11 Å². The Bertz CT molecular complexity index is 514. The molecule has 1 atom stereocenters. The molecule has 78 valence electrons. The number of nitriles is 1. The lowest BCUT2D eigenvalue weighted by molar-refractivity contribution is 0.236. The quantitative estimate of drug-likeness (QED) is 0.773. The van der Waals surface area contributed by atoms with E-state index in [1.165, 1.54) is 0 Å². The lowest BCUT2D eigenvalue weighted by atomic mass is 10.0. The summed E-state index contributed by atoms with van der Waals surface area (Å²) in [7, 11) is 0. The van der Waals surface area contributed by atoms with Crippen LogP contribution < -0.4 is 0 Å². The molecule has 0 aliphatic rings. The summed E-state index contributed by atoms with van der Waals surface area (Å²) < 4.78 is 0. The van der Waals surface area contributed by atoms with Gasteiger partial charge in [0.15, 0.2) is 6.10 Å². The van der Waals surface area contributed by atoms with Crippen LogP contribution in [0, 0.1) is 11.3 Å². The molecule has 2 aromatic rings. The van der Waals surface area contributed by atoms with Gasteiger partial charge in [0.1, 0.15) is 0 Å². The van der Waals surface area contributed by atoms with Crippen LogP contribution in [-0.4, -0.2) is 5.11 Å². The van der Waals surface area contributed by atoms with Gasteiger partial charge >= 0.3 is 0 Å². The van der Waals surface area contributed by atoms with Crippen LogP contribution in [0.1, 0.15) is 11.7 Å². The highest BCUT2D eigenvalue weighted by atomic mass is 16.3. The first-order valence-corrected chi connectivity index (χ1v) is 5.04. The third-order valence-electron chi connectivity index (χ3n) is 2.43. The molecule has 0 aliphatic carbocycles. The van der Waals surface area contributed by atoms with Crippen LogP contribution in [0.5, 0.6) is 0 Å². The van der Waals surface area contributed by atoms with Crippen molar-refractivity contribution in [2.45, 2.75) is 6.10 Å². The van der Waals surface area contributed by atoms with Gasteiger partial charge in [0, 0.05) is 0 Å². The average Bonchev–Trinajstić information content (AvgIpc) is 2.39. The van der Waals surface area contributed by atoms with E-state index in [0.29, 0.717) is 5.56 Å². The van der Waals surface area contributed by atoms with Crippen LogP contribution in [0.2, 0.25) is 0 Å². The van der Waals surface area contributed by atoms with Crippen molar-refractivity contribution in [3.05, 3.63) is 60.2 Å². The van der Waals surface area contributed by atoms with Crippen LogP contribution in [0.3, 0.4) is 0 Å². The van der Waals surface area contributed by atoms with E-state index in [4.69, 9.17) is 5.26 Å². The fourth-order valence-electron chi connectivity index (χ4n) is 1.59. The first kappa shape index (κ1) is 10.4. The fourth-order valence-corrected chi connectivity index (χ4v) is 1.59. The molecule has 2 rings (SSSR count). The molecule has 1 N–H and O–H groups in total. The predicted octanol–water partition coefficient (Wildman–Crippen LogP) is 2.91. The van der Waals surface area contributed by atoms with Crippen molar-refractivity contribution in [1.29, 1.82) is 5.26 Å². The minimum absolute atomic E-state index is 0.629. The van der Waals surface area contributed by atoms with Crippen LogP contribution in [-0.2, 0) is 0 Å². The molecule has 16 heavy (non-hydrogen) atoms. The summed E-state index contributed by atoms with van der Waals surface area (Å²) in [6, 6.07) is 19.1. The zero-order valence-electron chi connectivity index (χ0n) is 8.67. The first-order valence-electron chi connectivity index (χ1n) is 5.04. The topological polar surface area (TPSA) is 44.0 Å². The van der Waals surface area contributed by atoms with E-state index in [9.17, 15) is 5.11 Å². The molecule has 0 radical (unpaired) electrons. The number of hydrogen-bond donors (Lipinski definition) is 1. The molecular weight excluding hydrogens is 198 g/mol. The van der Waals surface area contributed by atoms with Gasteiger partial charge in [-0.2, -0.15) is 5.26 Å². The SMILES string of the molecule is N#CC(O)c1cccc(-c2ccccc2)c1. The smallest absolute Gasteiger partial charge is 0.165 e. The molecule has 2 aromatic carbocycles. The Hall–Kier alpha value is -2.11. The fraction of sp³-hybridized carbons (Fsp3) is 0.0714. The number of aliphatic hydroxyl groups excluding tert-OH is 1. The standard InChI is InChI=1S/C14H11NO/c15-10-14(16)13-8-4-7-12(9-13)11-5-2-1-3-6-11/h1-9,14,16H. The molecule has 0 aliphatic heterocycles. The van der Waals surface area contributed by atoms with Crippen molar-refractivity contribution in [1.82, 2.24) is 0 Å². The average molecular weight is 209 g/mol. The summed E-state index contributed by atoms with van der Waals surface area (Å²) in [6.45, 7) is 0. The third-order valence-corrected chi connectivity index (χ3v) is 2.43. The lowest BCUT2D eigenvalue weighted by Crippen LogP contribution is -1.93. The zero-order chi connectivity index (χ0) is 11.4. The summed E-state index contributed by atoms with van der Waals surface area (Å²) in [6.07, 6.45) is -1.05. The highest BCUT2D eigenvalue weighted by Crippen LogP contribution is 2.22. The Morgan fingerprint density at radius 3 is 2.31 bits per heavy atom. The van der Waals surface area contributed by atoms with Gasteiger partial charge in [0.05, 0.1) is 6.07 Å². The maximum Gasteiger partial charge on any atom is 0.165 e. The van der Waals surface area contributed by atoms with Gasteiger partial charge in [-0.3, -0.25) is 0 Å². The minimum Gasteiger partial charge on any atom is -0.374 e. The van der Waals surface area contributed by atoms with E-state index in [2.05, 4.69) is 0 Å². The number of rotatable bonds is 2. The van der Waals surface area contributed by atoms with E-state index < -0.39 is 6.10 Å². The second-order valence-corrected chi connectivity index (χ2v) is 3.52. The van der Waals surface area contributed by atoms with Crippen LogP contribution in [0.25, 0.3) is 11.1 Å². The second kappa shape index (κ2) is 4.61. The molecule has 0 fully saturated rings. The van der Waals surface area contributed by atoms with Crippen molar-refractivity contribution < 1.29 is 5.11 Å². The third kappa shape index (κ3) is 2.10. The maximum absolute atomic E-state index is 9.44. The van der Waals surface area contributed by atoms with E-state index in [1.807, 2.05) is 54.6 Å². The van der Waals surface area contributed by atoms with Crippen LogP contribution in [0.15, 0.2) is 54.6 Å². The molecule has 0 aromatic heterocycles. The molecule has 1 unspecified atom stereocenters. The number of nitrogens with zero attached hydrogens (tertiary/aromatic N) is 1. The largest absolute Gasteiger partial charge is 0.374 e. The van der Waals surface area contributed by atoms with Crippen molar-refractivity contribution >= 4 is 0 Å². The molecule has 0 saturated heterocycles. The van der Waals surface area contributed by atoms with Gasteiger partial charge in [-0.15, -0.1) is 0 Å². The minimum atomic E-state index is -1.05. The summed E-state index contributed by atoms with van der Waals surface area (Å²) in [5, 5.41) is 18.1. The highest BCUT2D eigenvalue weighted by Gasteiger charge is 2.06. The number of benzene rings is 2. The van der Waals surface area contributed by atoms with Gasteiger partial charge in [0.25, 0.3) is 0 Å². The molecular formula is C14H11NO. The Labute approximate surface area is 94.4 Å². The van der Waals surface area contributed by atoms with Gasteiger partial charge in [-0.05, 0) is 22.8 Å². The Kier molecular flexibility index (Phi) is 3.00. The van der Waals surface area contributed by atoms with Gasteiger partial charge in [-0.1, -0.05) is 48.5 Å². The van der Waals surface area contributed by atoms with Crippen molar-refractivity contribution in [2.24, 2.45) is 0 Å². The van der Waals surface area contributed by atoms with Crippen LogP contribution >= 0.6 is 0 Å². The molecule has 2 nitrogen and oxygen atoms in total. The summed E-state index contributed by atoms with van der Waals surface area (Å²) in [5.41, 5.74) is 2.71. The molecule has 0 saturated carbocycles. The first-order chi connectivity index (χ1) is 7.81. The van der Waals surface area contributed by atoms with Crippen molar-refractivity contribution in [2.75, 3.05) is 0 Å². The normalized spacial score (nSPS) is 11.8. The Morgan fingerprint density at radius 1 is 0.938 bits per heavy atom. The molecule has 0 spiro atoms. The summed E-state index contributed by atoms with van der Waals surface area (Å²) in [4.78, 5) is 0. The van der Waals surface area contributed by atoms with E-state index in [0.717, 1.165) is 11.1 Å². The monoisotopic (exact) mass is 209 g/mol. The Balaban J connectivity index is 2.41. The lowest BCUT2D eigenvalue weighted by Gasteiger charge is -2.06. The molecule has 0 amide bonds. The molecule has 0 bridgehead atoms. The van der Waals surface area contributed by atoms with E-state index in [-0.39, 0.29) is 0 Å². The Morgan fingerprint density at radius 2 is 1.62 bits per heavy atom. The summed E-state index contributed by atoms with van der Waals surface area (Å²) in [5.74, 6) is 0. The number of aliphatic hydroxyl groups is 1. The van der Waals surface area contributed by atoms with Crippen molar-refractivity contribution in [3.8, 4) is 17.2 Å². The van der Waals surface area contributed by atoms with E-state index in [1.54, 1.807) is 6.07 Å². The van der Waals surface area contributed by atoms with E-state index >= 15 is 0 Å². The highest BCUT2D eigenvalue weighted by molar-refractivity contribution is 5.64. The van der Waals surface area contributed by atoms with Gasteiger partial charge in [0.2, 0.25) is 0 Å². The molecule has 2 heteroatoms. The number of hydrogen-bond acceptors (Lipinski definition) is 2. The molecule has 0 heterocycles. The maximum atomic E-state index is 9.44. The van der Waals surface area contributed by atoms with Crippen LogP contribution in [0.4, 0.5) is 0 Å². The second-order valence-electron chi connectivity index (χ2n) is 3.52.